The highest BCUT2D eigenvalue weighted by atomic mass is 16.6. The van der Waals surface area contributed by atoms with Crippen molar-refractivity contribution < 1.29 is 28.6 Å². The second kappa shape index (κ2) is 70.6. The van der Waals surface area contributed by atoms with E-state index in [0.29, 0.717) is 19.3 Å². The van der Waals surface area contributed by atoms with Gasteiger partial charge in [-0.15, -0.1) is 0 Å². The van der Waals surface area contributed by atoms with Crippen LogP contribution in [0.2, 0.25) is 0 Å². The molecule has 0 saturated heterocycles. The van der Waals surface area contributed by atoms with Crippen molar-refractivity contribution in [1.29, 1.82) is 0 Å². The molecule has 1 atom stereocenters. The summed E-state index contributed by atoms with van der Waals surface area (Å²) in [6, 6.07) is 0. The van der Waals surface area contributed by atoms with E-state index in [1.807, 2.05) is 0 Å². The van der Waals surface area contributed by atoms with Crippen molar-refractivity contribution in [1.82, 2.24) is 0 Å². The Morgan fingerprint density at radius 2 is 0.470 bits per heavy atom. The van der Waals surface area contributed by atoms with Crippen LogP contribution in [0.4, 0.5) is 0 Å². The number of hydrogen-bond acceptors (Lipinski definition) is 6. The first-order valence-electron chi connectivity index (χ1n) is 35.4. The third kappa shape index (κ3) is 68.7. The molecule has 0 spiro atoms. The Hall–Kier alpha value is -3.93. The van der Waals surface area contributed by atoms with Gasteiger partial charge in [0.1, 0.15) is 13.2 Å². The van der Waals surface area contributed by atoms with Crippen molar-refractivity contribution in [3.05, 3.63) is 109 Å². The van der Waals surface area contributed by atoms with E-state index in [2.05, 4.69) is 130 Å². The highest BCUT2D eigenvalue weighted by molar-refractivity contribution is 5.71. The van der Waals surface area contributed by atoms with E-state index in [1.165, 1.54) is 180 Å². The normalized spacial score (nSPS) is 12.8. The molecule has 0 N–H and O–H groups in total. The average molecular weight is 1150 g/mol. The monoisotopic (exact) mass is 1150 g/mol. The number of allylic oxidation sites excluding steroid dienone is 18. The first-order chi connectivity index (χ1) is 41.0. The number of rotatable bonds is 64. The van der Waals surface area contributed by atoms with Crippen molar-refractivity contribution in [2.75, 3.05) is 13.2 Å². The molecule has 0 aromatic heterocycles. The van der Waals surface area contributed by atoms with Gasteiger partial charge < -0.3 is 14.2 Å². The SMILES string of the molecule is CC/C=C\C/C=C\C/C=C\C/C=C\C/C=C\CCCCCCCC(=O)OC(COC(=O)CCCCCCCCCCC/C=C\C/C=C\CCCCCCC)COC(=O)CCCCCCCCCCCCC/C=C\C/C=C\CCCCCCC. The first-order valence-corrected chi connectivity index (χ1v) is 35.4. The first kappa shape index (κ1) is 79.1. The van der Waals surface area contributed by atoms with Gasteiger partial charge in [-0.05, 0) is 128 Å². The topological polar surface area (TPSA) is 78.9 Å². The maximum atomic E-state index is 13.0. The Morgan fingerprint density at radius 1 is 0.253 bits per heavy atom. The molecule has 0 aromatic rings. The van der Waals surface area contributed by atoms with Gasteiger partial charge in [-0.1, -0.05) is 304 Å². The van der Waals surface area contributed by atoms with Gasteiger partial charge >= 0.3 is 17.9 Å². The summed E-state index contributed by atoms with van der Waals surface area (Å²) in [6.07, 6.45) is 96.7. The molecule has 0 amide bonds. The molecular formula is C77H132O6. The van der Waals surface area contributed by atoms with Crippen molar-refractivity contribution in [2.24, 2.45) is 0 Å². The van der Waals surface area contributed by atoms with Crippen LogP contribution in [0.25, 0.3) is 0 Å². The van der Waals surface area contributed by atoms with E-state index in [-0.39, 0.29) is 31.1 Å². The summed E-state index contributed by atoms with van der Waals surface area (Å²) < 4.78 is 17.0. The summed E-state index contributed by atoms with van der Waals surface area (Å²) in [6.45, 7) is 6.52. The van der Waals surface area contributed by atoms with E-state index < -0.39 is 6.10 Å². The molecule has 1 unspecified atom stereocenters. The summed E-state index contributed by atoms with van der Waals surface area (Å²) in [4.78, 5) is 38.5. The molecule has 0 heterocycles. The Labute approximate surface area is 514 Å². The van der Waals surface area contributed by atoms with Gasteiger partial charge in [0.05, 0.1) is 0 Å². The van der Waals surface area contributed by atoms with Crippen LogP contribution in [0.5, 0.6) is 0 Å². The lowest BCUT2D eigenvalue weighted by atomic mass is 10.0. The van der Waals surface area contributed by atoms with E-state index in [0.717, 1.165) is 122 Å². The Balaban J connectivity index is 4.42. The lowest BCUT2D eigenvalue weighted by Gasteiger charge is -2.18. The second-order valence-electron chi connectivity index (χ2n) is 23.4. The summed E-state index contributed by atoms with van der Waals surface area (Å²) >= 11 is 0. The number of unbranched alkanes of at least 4 members (excludes halogenated alkanes) is 35. The second-order valence-corrected chi connectivity index (χ2v) is 23.4. The zero-order chi connectivity index (χ0) is 59.9. The lowest BCUT2D eigenvalue weighted by Crippen LogP contribution is -2.30. The molecule has 0 radical (unpaired) electrons. The lowest BCUT2D eigenvalue weighted by molar-refractivity contribution is -0.167. The van der Waals surface area contributed by atoms with E-state index in [4.69, 9.17) is 14.2 Å². The largest absolute Gasteiger partial charge is 0.462 e. The third-order valence-corrected chi connectivity index (χ3v) is 15.2. The minimum absolute atomic E-state index is 0.0883. The fraction of sp³-hybridized carbons (Fsp3) is 0.727. The number of hydrogen-bond donors (Lipinski definition) is 0. The van der Waals surface area contributed by atoms with Gasteiger partial charge in [0.25, 0.3) is 0 Å². The molecule has 476 valence electrons. The molecule has 0 aromatic carbocycles. The number of carbonyl (C=O) groups is 3. The molecular weight excluding hydrogens is 1020 g/mol. The highest BCUT2D eigenvalue weighted by Crippen LogP contribution is 2.16. The highest BCUT2D eigenvalue weighted by Gasteiger charge is 2.19. The molecule has 0 rings (SSSR count). The average Bonchev–Trinajstić information content (AvgIpc) is 3.49. The van der Waals surface area contributed by atoms with E-state index >= 15 is 0 Å². The van der Waals surface area contributed by atoms with E-state index in [1.54, 1.807) is 0 Å². The van der Waals surface area contributed by atoms with Crippen LogP contribution in [-0.2, 0) is 28.6 Å². The van der Waals surface area contributed by atoms with Crippen LogP contribution < -0.4 is 0 Å². The summed E-state index contributed by atoms with van der Waals surface area (Å²) in [5.74, 6) is -0.900. The Kier molecular flexibility index (Phi) is 67.2. The Bertz CT molecular complexity index is 1660. The van der Waals surface area contributed by atoms with Crippen LogP contribution >= 0.6 is 0 Å². The van der Waals surface area contributed by atoms with Gasteiger partial charge in [0, 0.05) is 19.3 Å². The van der Waals surface area contributed by atoms with Crippen LogP contribution in [0.3, 0.4) is 0 Å². The standard InChI is InChI=1S/C77H132O6/c1-4-7-10-13-16-19-22-25-28-31-34-37-38-41-43-46-49-52-55-58-61-64-67-70-76(79)82-73-74(83-77(80)71-68-65-62-59-56-53-50-47-44-40-36-33-30-27-24-21-18-15-12-9-6-3)72-81-75(78)69-66-63-60-57-54-51-48-45-42-39-35-32-29-26-23-20-17-14-11-8-5-2/h9,12,18,21-23,25-27,30-32,34-36,40,47,50,74H,4-8,10-11,13-17,19-20,24,28-29,33,37-39,41-46,48-49,51-73H2,1-3H3/b12-9-,21-18-,25-22-,26-23-,30-27-,34-31-,35-32-,40-36-,50-47-. The van der Waals surface area contributed by atoms with Crippen LogP contribution in [0.15, 0.2) is 109 Å². The number of ether oxygens (including phenoxy) is 3. The molecule has 0 aliphatic rings. The molecule has 0 aliphatic heterocycles. The molecule has 0 aliphatic carbocycles. The predicted molar refractivity (Wildman–Crippen MR) is 362 cm³/mol. The molecule has 6 nitrogen and oxygen atoms in total. The zero-order valence-electron chi connectivity index (χ0n) is 54.7. The minimum Gasteiger partial charge on any atom is -0.462 e. The predicted octanol–water partition coefficient (Wildman–Crippen LogP) is 24.6. The summed E-state index contributed by atoms with van der Waals surface area (Å²) in [5.41, 5.74) is 0. The van der Waals surface area contributed by atoms with Crippen molar-refractivity contribution in [2.45, 2.75) is 348 Å². The van der Waals surface area contributed by atoms with Crippen molar-refractivity contribution in [3.8, 4) is 0 Å². The molecule has 83 heavy (non-hydrogen) atoms. The van der Waals surface area contributed by atoms with Crippen molar-refractivity contribution >= 4 is 17.9 Å². The third-order valence-electron chi connectivity index (χ3n) is 15.2. The van der Waals surface area contributed by atoms with Crippen LogP contribution in [-0.4, -0.2) is 37.2 Å². The van der Waals surface area contributed by atoms with Gasteiger partial charge in [-0.25, -0.2) is 0 Å². The smallest absolute Gasteiger partial charge is 0.306 e. The minimum atomic E-state index is -0.796. The quantitative estimate of drug-likeness (QED) is 0.0261. The molecule has 0 saturated carbocycles. The number of esters is 3. The fourth-order valence-corrected chi connectivity index (χ4v) is 9.94. The van der Waals surface area contributed by atoms with Gasteiger partial charge in [-0.3, -0.25) is 14.4 Å². The van der Waals surface area contributed by atoms with Crippen LogP contribution in [0, 0.1) is 0 Å². The van der Waals surface area contributed by atoms with Gasteiger partial charge in [-0.2, -0.15) is 0 Å². The molecule has 0 bridgehead atoms. The number of carbonyl (C=O) groups excluding carboxylic acids is 3. The van der Waals surface area contributed by atoms with E-state index in [9.17, 15) is 14.4 Å². The Morgan fingerprint density at radius 3 is 0.735 bits per heavy atom. The van der Waals surface area contributed by atoms with Gasteiger partial charge in [0.15, 0.2) is 6.10 Å². The van der Waals surface area contributed by atoms with Crippen molar-refractivity contribution in [3.63, 3.8) is 0 Å². The fourth-order valence-electron chi connectivity index (χ4n) is 9.94. The van der Waals surface area contributed by atoms with Gasteiger partial charge in [0.2, 0.25) is 0 Å². The zero-order valence-corrected chi connectivity index (χ0v) is 54.7. The molecule has 0 fully saturated rings. The summed E-state index contributed by atoms with van der Waals surface area (Å²) in [7, 11) is 0. The maximum Gasteiger partial charge on any atom is 0.306 e. The maximum absolute atomic E-state index is 13.0. The molecule has 6 heteroatoms. The van der Waals surface area contributed by atoms with Crippen LogP contribution in [0.1, 0.15) is 342 Å². The summed E-state index contributed by atoms with van der Waals surface area (Å²) in [5, 5.41) is 0.